The molecule has 1 aromatic carbocycles. The fraction of sp³-hybridized carbons (Fsp3) is 0.391. The largest absolute Gasteiger partial charge is 0.371 e. The highest BCUT2D eigenvalue weighted by atomic mass is 16.5. The molecule has 1 N–H and O–H groups in total. The number of imidazole rings is 1. The monoisotopic (exact) mass is 390 g/mol. The van der Waals surface area contributed by atoms with Gasteiger partial charge in [0.2, 0.25) is 5.91 Å². The molecule has 0 radical (unpaired) electrons. The number of pyridine rings is 1. The number of aryl methyl sites for hydroxylation is 1. The van der Waals surface area contributed by atoms with Crippen molar-refractivity contribution in [2.24, 2.45) is 0 Å². The van der Waals surface area contributed by atoms with Crippen LogP contribution in [0.4, 0.5) is 0 Å². The Morgan fingerprint density at radius 3 is 2.93 bits per heavy atom. The van der Waals surface area contributed by atoms with Gasteiger partial charge in [-0.15, -0.1) is 0 Å². The maximum absolute atomic E-state index is 12.7. The van der Waals surface area contributed by atoms with Crippen LogP contribution >= 0.6 is 0 Å². The van der Waals surface area contributed by atoms with Gasteiger partial charge in [-0.2, -0.15) is 0 Å². The van der Waals surface area contributed by atoms with Crippen LogP contribution in [-0.2, 0) is 16.0 Å². The van der Waals surface area contributed by atoms with E-state index in [2.05, 4.69) is 39.5 Å². The first-order chi connectivity index (χ1) is 14.2. The summed E-state index contributed by atoms with van der Waals surface area (Å²) in [6.45, 7) is 4.52. The molecule has 0 saturated carbocycles. The van der Waals surface area contributed by atoms with Crippen LogP contribution in [0.2, 0.25) is 0 Å². The fourth-order valence-corrected chi connectivity index (χ4v) is 4.62. The average molecular weight is 390 g/mol. The van der Waals surface area contributed by atoms with Crippen molar-refractivity contribution in [3.05, 3.63) is 71.7 Å². The van der Waals surface area contributed by atoms with E-state index in [1.54, 1.807) is 6.20 Å². The molecule has 3 atom stereocenters. The maximum atomic E-state index is 12.7. The Labute approximate surface area is 170 Å². The van der Waals surface area contributed by atoms with Crippen LogP contribution in [-0.4, -0.2) is 52.0 Å². The Morgan fingerprint density at radius 1 is 1.21 bits per heavy atom. The van der Waals surface area contributed by atoms with Gasteiger partial charge >= 0.3 is 0 Å². The van der Waals surface area contributed by atoms with Gasteiger partial charge in [0.15, 0.2) is 0 Å². The summed E-state index contributed by atoms with van der Waals surface area (Å²) in [5.74, 6) is 0.0543. The highest BCUT2D eigenvalue weighted by molar-refractivity contribution is 5.78. The van der Waals surface area contributed by atoms with Gasteiger partial charge in [-0.3, -0.25) is 9.69 Å². The Bertz CT molecular complexity index is 1020. The Kier molecular flexibility index (Phi) is 4.81. The number of benzene rings is 1. The van der Waals surface area contributed by atoms with E-state index in [-0.39, 0.29) is 18.1 Å². The molecule has 2 aliphatic heterocycles. The van der Waals surface area contributed by atoms with Crippen molar-refractivity contribution in [1.29, 1.82) is 0 Å². The zero-order valence-electron chi connectivity index (χ0n) is 16.6. The summed E-state index contributed by atoms with van der Waals surface area (Å²) < 4.78 is 8.11. The zero-order chi connectivity index (χ0) is 19.8. The van der Waals surface area contributed by atoms with Gasteiger partial charge in [-0.25, -0.2) is 4.98 Å². The molecule has 1 amide bonds. The van der Waals surface area contributed by atoms with E-state index in [1.165, 1.54) is 5.56 Å². The highest BCUT2D eigenvalue weighted by Crippen LogP contribution is 2.30. The molecule has 0 unspecified atom stereocenters. The maximum Gasteiger partial charge on any atom is 0.226 e. The third-order valence-electron chi connectivity index (χ3n) is 6.10. The molecule has 150 valence electrons. The smallest absolute Gasteiger partial charge is 0.226 e. The van der Waals surface area contributed by atoms with Crippen molar-refractivity contribution in [1.82, 2.24) is 19.6 Å². The fourth-order valence-electron chi connectivity index (χ4n) is 4.62. The number of ether oxygens (including phenoxy) is 1. The molecule has 6 heteroatoms. The first kappa shape index (κ1) is 18.3. The van der Waals surface area contributed by atoms with Crippen molar-refractivity contribution >= 4 is 11.6 Å². The third kappa shape index (κ3) is 3.66. The number of carbonyl (C=O) groups excluding carboxylic acids is 1. The lowest BCUT2D eigenvalue weighted by Gasteiger charge is -2.35. The van der Waals surface area contributed by atoms with Crippen LogP contribution in [0.5, 0.6) is 0 Å². The molecule has 5 rings (SSSR count). The average Bonchev–Trinajstić information content (AvgIpc) is 3.32. The summed E-state index contributed by atoms with van der Waals surface area (Å²) >= 11 is 0. The Morgan fingerprint density at radius 2 is 2.07 bits per heavy atom. The summed E-state index contributed by atoms with van der Waals surface area (Å²) in [5, 5.41) is 3.23. The van der Waals surface area contributed by atoms with Crippen molar-refractivity contribution in [2.75, 3.05) is 19.7 Å². The lowest BCUT2D eigenvalue weighted by atomic mass is 10.1. The van der Waals surface area contributed by atoms with E-state index in [0.717, 1.165) is 43.0 Å². The predicted molar refractivity (Wildman–Crippen MR) is 111 cm³/mol. The van der Waals surface area contributed by atoms with E-state index in [0.29, 0.717) is 12.5 Å². The highest BCUT2D eigenvalue weighted by Gasteiger charge is 2.38. The summed E-state index contributed by atoms with van der Waals surface area (Å²) in [7, 11) is 0. The standard InChI is InChI=1S/C23H26N4O2/c1-16-6-5-9-27-19(12-24-23(16)27)11-22(28)25-18-10-20-15-29-21(14-26(20)13-18)17-7-3-2-4-8-17/h2-9,12,18,20-21H,10-11,13-15H2,1H3,(H,25,28)/t18-,20-,21+/m0/s1. The molecule has 3 aromatic rings. The second kappa shape index (κ2) is 7.61. The van der Waals surface area contributed by atoms with E-state index in [1.807, 2.05) is 35.7 Å². The molecular formula is C23H26N4O2. The SMILES string of the molecule is Cc1cccn2c(CC(=O)N[C@H]3C[C@H]4CO[C@@H](c5ccccc5)CN4C3)cnc12. The first-order valence-electron chi connectivity index (χ1n) is 10.3. The number of carbonyl (C=O) groups is 1. The van der Waals surface area contributed by atoms with Gasteiger partial charge in [-0.1, -0.05) is 36.4 Å². The summed E-state index contributed by atoms with van der Waals surface area (Å²) in [4.78, 5) is 19.6. The number of amides is 1. The number of hydrogen-bond donors (Lipinski definition) is 1. The molecular weight excluding hydrogens is 364 g/mol. The van der Waals surface area contributed by atoms with Crippen LogP contribution in [0.1, 0.15) is 29.3 Å². The molecule has 2 saturated heterocycles. The molecule has 6 nitrogen and oxygen atoms in total. The molecule has 2 aromatic heterocycles. The predicted octanol–water partition coefficient (Wildman–Crippen LogP) is 2.52. The van der Waals surface area contributed by atoms with Crippen LogP contribution < -0.4 is 5.32 Å². The number of aromatic nitrogens is 2. The van der Waals surface area contributed by atoms with Crippen LogP contribution in [0.15, 0.2) is 54.9 Å². The molecule has 2 fully saturated rings. The lowest BCUT2D eigenvalue weighted by molar-refractivity contribution is -0.121. The van der Waals surface area contributed by atoms with Gasteiger partial charge in [-0.05, 0) is 30.5 Å². The van der Waals surface area contributed by atoms with Crippen LogP contribution in [0, 0.1) is 6.92 Å². The Hall–Kier alpha value is -2.70. The van der Waals surface area contributed by atoms with Gasteiger partial charge in [0.1, 0.15) is 5.65 Å². The summed E-state index contributed by atoms with van der Waals surface area (Å²) in [5.41, 5.74) is 4.17. The molecule has 0 bridgehead atoms. The number of rotatable bonds is 4. The van der Waals surface area contributed by atoms with E-state index >= 15 is 0 Å². The second-order valence-electron chi connectivity index (χ2n) is 8.15. The normalized spacial score (nSPS) is 24.5. The van der Waals surface area contributed by atoms with E-state index < -0.39 is 0 Å². The van der Waals surface area contributed by atoms with E-state index in [9.17, 15) is 4.79 Å². The van der Waals surface area contributed by atoms with Crippen LogP contribution in [0.25, 0.3) is 5.65 Å². The minimum absolute atomic E-state index is 0.0543. The molecule has 29 heavy (non-hydrogen) atoms. The van der Waals surface area contributed by atoms with Crippen molar-refractivity contribution < 1.29 is 9.53 Å². The quantitative estimate of drug-likeness (QED) is 0.744. The number of morpholine rings is 1. The third-order valence-corrected chi connectivity index (χ3v) is 6.10. The topological polar surface area (TPSA) is 58.9 Å². The van der Waals surface area contributed by atoms with E-state index in [4.69, 9.17) is 4.74 Å². The number of nitrogens with one attached hydrogen (secondary N) is 1. The summed E-state index contributed by atoms with van der Waals surface area (Å²) in [6.07, 6.45) is 5.17. The molecule has 0 aliphatic carbocycles. The summed E-state index contributed by atoms with van der Waals surface area (Å²) in [6, 6.07) is 15.0. The number of hydrogen-bond acceptors (Lipinski definition) is 4. The molecule has 0 spiro atoms. The molecule has 4 heterocycles. The van der Waals surface area contributed by atoms with Crippen molar-refractivity contribution in [3.63, 3.8) is 0 Å². The minimum Gasteiger partial charge on any atom is -0.371 e. The van der Waals surface area contributed by atoms with Crippen molar-refractivity contribution in [3.8, 4) is 0 Å². The van der Waals surface area contributed by atoms with Gasteiger partial charge in [0.25, 0.3) is 0 Å². The Balaban J connectivity index is 1.20. The van der Waals surface area contributed by atoms with Gasteiger partial charge in [0.05, 0.1) is 24.8 Å². The minimum atomic E-state index is 0.0543. The van der Waals surface area contributed by atoms with Gasteiger partial charge < -0.3 is 14.5 Å². The molecule has 2 aliphatic rings. The number of fused-ring (bicyclic) bond motifs is 2. The second-order valence-corrected chi connectivity index (χ2v) is 8.15. The number of nitrogens with zero attached hydrogens (tertiary/aromatic N) is 3. The van der Waals surface area contributed by atoms with Crippen molar-refractivity contribution in [2.45, 2.75) is 38.0 Å². The van der Waals surface area contributed by atoms with Crippen LogP contribution in [0.3, 0.4) is 0 Å². The van der Waals surface area contributed by atoms with Gasteiger partial charge in [0, 0.05) is 37.6 Å². The zero-order valence-corrected chi connectivity index (χ0v) is 16.6. The lowest BCUT2D eigenvalue weighted by Crippen LogP contribution is -2.43. The first-order valence-corrected chi connectivity index (χ1v) is 10.3.